The number of nitrogen functional groups attached to an aromatic ring is 1. The molecule has 0 fully saturated rings. The van der Waals surface area contributed by atoms with Crippen LogP contribution in [0.1, 0.15) is 5.56 Å². The Morgan fingerprint density at radius 1 is 0.880 bits per heavy atom. The average molecular weight is 331 g/mol. The Balaban J connectivity index is 1.94. The molecular weight excluding hydrogens is 317 g/mol. The van der Waals surface area contributed by atoms with Crippen LogP contribution >= 0.6 is 0 Å². The number of hydrogen-bond donors (Lipinski definition) is 1. The van der Waals surface area contributed by atoms with Gasteiger partial charge >= 0.3 is 0 Å². The second kappa shape index (κ2) is 5.90. The summed E-state index contributed by atoms with van der Waals surface area (Å²) in [5, 5.41) is 9.15. The normalized spacial score (nSPS) is 11.0. The first kappa shape index (κ1) is 15.1. The number of nitrogens with zero attached hydrogens (tertiary/aromatic N) is 4. The zero-order chi connectivity index (χ0) is 17.4. The molecule has 4 aromatic rings. The summed E-state index contributed by atoms with van der Waals surface area (Å²) in [5.74, 6) is -0.241. The lowest BCUT2D eigenvalue weighted by atomic mass is 10.0. The van der Waals surface area contributed by atoms with Gasteiger partial charge in [0, 0.05) is 22.7 Å². The van der Waals surface area contributed by atoms with Crippen LogP contribution in [0.3, 0.4) is 0 Å². The molecule has 0 spiro atoms. The van der Waals surface area contributed by atoms with Gasteiger partial charge in [0.2, 0.25) is 5.95 Å². The van der Waals surface area contributed by atoms with Crippen LogP contribution in [0.25, 0.3) is 33.4 Å². The lowest BCUT2D eigenvalue weighted by molar-refractivity contribution is 0.628. The van der Waals surface area contributed by atoms with Crippen molar-refractivity contribution in [1.29, 1.82) is 0 Å². The molecule has 0 aliphatic rings. The Morgan fingerprint density at radius 3 is 2.44 bits per heavy atom. The molecule has 0 saturated heterocycles. The van der Waals surface area contributed by atoms with Gasteiger partial charge in [-0.15, -0.1) is 10.2 Å². The number of hydrogen-bond acceptors (Lipinski definition) is 5. The number of halogens is 1. The van der Waals surface area contributed by atoms with Crippen LogP contribution in [0.15, 0.2) is 54.7 Å². The average Bonchev–Trinajstić information content (AvgIpc) is 2.62. The highest BCUT2D eigenvalue weighted by Gasteiger charge is 2.14. The van der Waals surface area contributed by atoms with Crippen LogP contribution < -0.4 is 5.73 Å². The summed E-state index contributed by atoms with van der Waals surface area (Å²) >= 11 is 0. The first-order valence-electron chi connectivity index (χ1n) is 7.74. The maximum Gasteiger partial charge on any atom is 0.240 e. The first-order chi connectivity index (χ1) is 12.1. The maximum absolute atomic E-state index is 13.2. The number of rotatable bonds is 2. The predicted molar refractivity (Wildman–Crippen MR) is 95.1 cm³/mol. The highest BCUT2D eigenvalue weighted by molar-refractivity contribution is 5.89. The summed E-state index contributed by atoms with van der Waals surface area (Å²) in [4.78, 5) is 8.69. The third-order valence-electron chi connectivity index (χ3n) is 4.05. The Kier molecular flexibility index (Phi) is 3.57. The molecule has 0 aliphatic heterocycles. The monoisotopic (exact) mass is 331 g/mol. The minimum atomic E-state index is -0.312. The van der Waals surface area contributed by atoms with E-state index in [0.29, 0.717) is 11.4 Å². The molecule has 0 radical (unpaired) electrons. The van der Waals surface area contributed by atoms with Gasteiger partial charge in [0.15, 0.2) is 0 Å². The summed E-state index contributed by atoms with van der Waals surface area (Å²) < 4.78 is 13.2. The van der Waals surface area contributed by atoms with Crippen molar-refractivity contribution >= 4 is 16.9 Å². The minimum Gasteiger partial charge on any atom is -0.366 e. The summed E-state index contributed by atoms with van der Waals surface area (Å²) in [6.45, 7) is 2.03. The molecule has 4 rings (SSSR count). The first-order valence-corrected chi connectivity index (χ1v) is 7.74. The zero-order valence-corrected chi connectivity index (χ0v) is 13.4. The molecule has 122 valence electrons. The van der Waals surface area contributed by atoms with Crippen molar-refractivity contribution in [2.24, 2.45) is 0 Å². The van der Waals surface area contributed by atoms with E-state index in [1.807, 2.05) is 31.2 Å². The molecule has 5 nitrogen and oxygen atoms in total. The van der Waals surface area contributed by atoms with E-state index in [1.54, 1.807) is 18.3 Å². The van der Waals surface area contributed by atoms with Gasteiger partial charge in [0.05, 0.1) is 5.52 Å². The Hall–Kier alpha value is -3.41. The number of nitrogens with two attached hydrogens (primary N) is 1. The molecule has 2 heterocycles. The Morgan fingerprint density at radius 2 is 1.64 bits per heavy atom. The van der Waals surface area contributed by atoms with Crippen molar-refractivity contribution in [3.63, 3.8) is 0 Å². The molecule has 25 heavy (non-hydrogen) atoms. The zero-order valence-electron chi connectivity index (χ0n) is 13.4. The van der Waals surface area contributed by atoms with E-state index >= 15 is 0 Å². The molecule has 6 heteroatoms. The molecule has 0 unspecified atom stereocenters. The van der Waals surface area contributed by atoms with Gasteiger partial charge in [-0.1, -0.05) is 6.07 Å². The minimum absolute atomic E-state index is 0.0710. The van der Waals surface area contributed by atoms with E-state index in [4.69, 9.17) is 5.73 Å². The van der Waals surface area contributed by atoms with Gasteiger partial charge in [-0.2, -0.15) is 0 Å². The lowest BCUT2D eigenvalue weighted by Crippen LogP contribution is -2.02. The van der Waals surface area contributed by atoms with Crippen molar-refractivity contribution in [3.8, 4) is 22.5 Å². The van der Waals surface area contributed by atoms with Crippen LogP contribution in [0, 0.1) is 12.7 Å². The smallest absolute Gasteiger partial charge is 0.240 e. The highest BCUT2D eigenvalue weighted by atomic mass is 19.1. The van der Waals surface area contributed by atoms with E-state index in [0.717, 1.165) is 27.6 Å². The van der Waals surface area contributed by atoms with Crippen LogP contribution in [-0.4, -0.2) is 20.2 Å². The number of aromatic nitrogens is 4. The van der Waals surface area contributed by atoms with E-state index in [-0.39, 0.29) is 11.8 Å². The van der Waals surface area contributed by atoms with Crippen LogP contribution in [0.5, 0.6) is 0 Å². The van der Waals surface area contributed by atoms with Gasteiger partial charge in [0.25, 0.3) is 0 Å². The second-order valence-electron chi connectivity index (χ2n) is 5.73. The van der Waals surface area contributed by atoms with Gasteiger partial charge in [-0.3, -0.25) is 4.98 Å². The molecular formula is C19H14FN5. The summed E-state index contributed by atoms with van der Waals surface area (Å²) in [6, 6.07) is 13.9. The third-order valence-corrected chi connectivity index (χ3v) is 4.05. The van der Waals surface area contributed by atoms with Crippen molar-refractivity contribution in [3.05, 3.63) is 66.1 Å². The fourth-order valence-corrected chi connectivity index (χ4v) is 2.77. The van der Waals surface area contributed by atoms with Crippen molar-refractivity contribution in [2.75, 3.05) is 5.73 Å². The number of fused-ring (bicyclic) bond motifs is 1. The van der Waals surface area contributed by atoms with Gasteiger partial charge in [-0.25, -0.2) is 9.37 Å². The molecule has 2 aromatic heterocycles. The largest absolute Gasteiger partial charge is 0.366 e. The van der Waals surface area contributed by atoms with Gasteiger partial charge in [-0.05, 0) is 55.0 Å². The highest BCUT2D eigenvalue weighted by Crippen LogP contribution is 2.31. The molecule has 2 aromatic carbocycles. The van der Waals surface area contributed by atoms with Crippen LogP contribution in [0.2, 0.25) is 0 Å². The molecule has 2 N–H and O–H groups in total. The number of aryl methyl sites for hydroxylation is 1. The quantitative estimate of drug-likeness (QED) is 0.605. The fraction of sp³-hybridized carbons (Fsp3) is 0.0526. The van der Waals surface area contributed by atoms with Crippen molar-refractivity contribution in [2.45, 2.75) is 6.92 Å². The second-order valence-corrected chi connectivity index (χ2v) is 5.73. The summed E-state index contributed by atoms with van der Waals surface area (Å²) in [7, 11) is 0. The van der Waals surface area contributed by atoms with E-state index < -0.39 is 0 Å². The summed E-state index contributed by atoms with van der Waals surface area (Å²) in [5.41, 5.74) is 10.5. The fourth-order valence-electron chi connectivity index (χ4n) is 2.77. The van der Waals surface area contributed by atoms with Crippen molar-refractivity contribution < 1.29 is 4.39 Å². The molecule has 0 aliphatic carbocycles. The SMILES string of the molecule is Cc1ccnc2ccc(-c3nnc(N)nc3-c3ccc(F)cc3)cc12. The molecule has 0 bridgehead atoms. The predicted octanol–water partition coefficient (Wildman–Crippen LogP) is 3.78. The maximum atomic E-state index is 13.2. The van der Waals surface area contributed by atoms with Gasteiger partial charge in [0.1, 0.15) is 17.2 Å². The standard InChI is InChI=1S/C19H14FN5/c1-11-8-9-22-16-7-4-13(10-15(11)16)18-17(23-19(21)25-24-18)12-2-5-14(20)6-3-12/h2-10H,1H3,(H2,21,23,25). The van der Waals surface area contributed by atoms with Crippen molar-refractivity contribution in [1.82, 2.24) is 20.2 Å². The van der Waals surface area contributed by atoms with E-state index in [9.17, 15) is 4.39 Å². The van der Waals surface area contributed by atoms with Crippen LogP contribution in [0.4, 0.5) is 10.3 Å². The number of anilines is 1. The Bertz CT molecular complexity index is 1080. The number of pyridine rings is 1. The molecule has 0 amide bonds. The Labute approximate surface area is 143 Å². The van der Waals surface area contributed by atoms with Gasteiger partial charge < -0.3 is 5.73 Å². The lowest BCUT2D eigenvalue weighted by Gasteiger charge is -2.09. The van der Waals surface area contributed by atoms with E-state index in [1.165, 1.54) is 12.1 Å². The molecule has 0 atom stereocenters. The third kappa shape index (κ3) is 2.78. The summed E-state index contributed by atoms with van der Waals surface area (Å²) in [6.07, 6.45) is 1.78. The van der Waals surface area contributed by atoms with Crippen LogP contribution in [-0.2, 0) is 0 Å². The number of benzene rings is 2. The van der Waals surface area contributed by atoms with E-state index in [2.05, 4.69) is 20.2 Å². The topological polar surface area (TPSA) is 77.6 Å². The molecule has 0 saturated carbocycles.